The zero-order valence-electron chi connectivity index (χ0n) is 14.5. The standard InChI is InChI=1S/C17H20F3N3O2/c1-11(2)10-25-15-14(17(18,19)20)9-21-16(22-15)23(3)12-5-7-13(24-4)8-6-12/h5-9,11H,10H2,1-4H3. The number of halogens is 3. The van der Waals surface area contributed by atoms with Crippen LogP contribution in [0.25, 0.3) is 0 Å². The molecule has 0 aliphatic heterocycles. The Morgan fingerprint density at radius 1 is 1.16 bits per heavy atom. The molecule has 0 fully saturated rings. The quantitative estimate of drug-likeness (QED) is 0.773. The molecule has 0 amide bonds. The average Bonchev–Trinajstić information content (AvgIpc) is 2.58. The van der Waals surface area contributed by atoms with Crippen molar-refractivity contribution < 1.29 is 22.6 Å². The van der Waals surface area contributed by atoms with E-state index in [1.54, 1.807) is 43.3 Å². The second-order valence-corrected chi connectivity index (χ2v) is 5.85. The van der Waals surface area contributed by atoms with Gasteiger partial charge >= 0.3 is 6.18 Å². The summed E-state index contributed by atoms with van der Waals surface area (Å²) in [6.45, 7) is 3.82. The summed E-state index contributed by atoms with van der Waals surface area (Å²) in [6, 6.07) is 7.00. The van der Waals surface area contributed by atoms with E-state index in [1.165, 1.54) is 0 Å². The van der Waals surface area contributed by atoms with Crippen LogP contribution < -0.4 is 14.4 Å². The van der Waals surface area contributed by atoms with Crippen molar-refractivity contribution in [1.29, 1.82) is 0 Å². The van der Waals surface area contributed by atoms with Crippen molar-refractivity contribution in [3.05, 3.63) is 36.0 Å². The lowest BCUT2D eigenvalue weighted by molar-refractivity contribution is -0.139. The highest BCUT2D eigenvalue weighted by Crippen LogP contribution is 2.36. The molecule has 25 heavy (non-hydrogen) atoms. The molecule has 0 spiro atoms. The number of alkyl halides is 3. The zero-order chi connectivity index (χ0) is 18.6. The first kappa shape index (κ1) is 18.8. The lowest BCUT2D eigenvalue weighted by atomic mass is 10.2. The Kier molecular flexibility index (Phi) is 5.71. The topological polar surface area (TPSA) is 47.5 Å². The van der Waals surface area contributed by atoms with Crippen molar-refractivity contribution >= 4 is 11.6 Å². The second-order valence-electron chi connectivity index (χ2n) is 5.85. The minimum Gasteiger partial charge on any atom is -0.497 e. The Morgan fingerprint density at radius 2 is 1.80 bits per heavy atom. The second kappa shape index (κ2) is 7.58. The van der Waals surface area contributed by atoms with Crippen LogP contribution in [0.4, 0.5) is 24.8 Å². The van der Waals surface area contributed by atoms with E-state index in [0.717, 1.165) is 6.20 Å². The number of rotatable bonds is 6. The lowest BCUT2D eigenvalue weighted by Gasteiger charge is -2.20. The van der Waals surface area contributed by atoms with Gasteiger partial charge in [0.2, 0.25) is 11.8 Å². The van der Waals surface area contributed by atoms with E-state index in [-0.39, 0.29) is 18.5 Å². The van der Waals surface area contributed by atoms with Crippen LogP contribution in [0, 0.1) is 5.92 Å². The van der Waals surface area contributed by atoms with Crippen molar-refractivity contribution in [2.24, 2.45) is 5.92 Å². The van der Waals surface area contributed by atoms with E-state index in [2.05, 4.69) is 9.97 Å². The summed E-state index contributed by atoms with van der Waals surface area (Å²) in [7, 11) is 3.21. The molecule has 8 heteroatoms. The van der Waals surface area contributed by atoms with Crippen molar-refractivity contribution in [3.8, 4) is 11.6 Å². The highest BCUT2D eigenvalue weighted by molar-refractivity contribution is 5.58. The van der Waals surface area contributed by atoms with Crippen molar-refractivity contribution in [1.82, 2.24) is 9.97 Å². The fourth-order valence-corrected chi connectivity index (χ4v) is 1.99. The first-order chi connectivity index (χ1) is 11.7. The van der Waals surface area contributed by atoms with Gasteiger partial charge in [-0.15, -0.1) is 0 Å². The molecule has 1 aromatic heterocycles. The van der Waals surface area contributed by atoms with Gasteiger partial charge in [0.05, 0.1) is 13.7 Å². The fraction of sp³-hybridized carbons (Fsp3) is 0.412. The molecule has 2 rings (SSSR count). The molecule has 0 aliphatic rings. The van der Waals surface area contributed by atoms with E-state index in [4.69, 9.17) is 9.47 Å². The average molecular weight is 355 g/mol. The highest BCUT2D eigenvalue weighted by atomic mass is 19.4. The third-order valence-electron chi connectivity index (χ3n) is 3.36. The Morgan fingerprint density at radius 3 is 2.32 bits per heavy atom. The molecule has 1 heterocycles. The van der Waals surface area contributed by atoms with Gasteiger partial charge in [0, 0.05) is 18.9 Å². The van der Waals surface area contributed by atoms with Crippen LogP contribution in [0.1, 0.15) is 19.4 Å². The number of ether oxygens (including phenoxy) is 2. The summed E-state index contributed by atoms with van der Waals surface area (Å²) in [5.41, 5.74) is -0.282. The van der Waals surface area contributed by atoms with E-state index in [0.29, 0.717) is 11.4 Å². The molecule has 0 atom stereocenters. The Hall–Kier alpha value is -2.51. The monoisotopic (exact) mass is 355 g/mol. The molecular formula is C17H20F3N3O2. The van der Waals surface area contributed by atoms with Crippen molar-refractivity contribution in [3.63, 3.8) is 0 Å². The third-order valence-corrected chi connectivity index (χ3v) is 3.36. The number of aromatic nitrogens is 2. The number of hydrogen-bond donors (Lipinski definition) is 0. The van der Waals surface area contributed by atoms with Gasteiger partial charge in [-0.2, -0.15) is 18.2 Å². The van der Waals surface area contributed by atoms with E-state index in [9.17, 15) is 13.2 Å². The maximum absolute atomic E-state index is 13.1. The van der Waals surface area contributed by atoms with E-state index in [1.807, 2.05) is 13.8 Å². The van der Waals surface area contributed by atoms with Crippen LogP contribution >= 0.6 is 0 Å². The van der Waals surface area contributed by atoms with Crippen LogP contribution in [0.3, 0.4) is 0 Å². The maximum Gasteiger partial charge on any atom is 0.423 e. The van der Waals surface area contributed by atoms with Crippen LogP contribution in [0.15, 0.2) is 30.5 Å². The highest BCUT2D eigenvalue weighted by Gasteiger charge is 2.36. The van der Waals surface area contributed by atoms with Gasteiger partial charge < -0.3 is 14.4 Å². The molecule has 5 nitrogen and oxygen atoms in total. The van der Waals surface area contributed by atoms with Crippen LogP contribution in [0.5, 0.6) is 11.6 Å². The molecule has 1 aromatic carbocycles. The van der Waals surface area contributed by atoms with Crippen molar-refractivity contribution in [2.45, 2.75) is 20.0 Å². The lowest BCUT2D eigenvalue weighted by Crippen LogP contribution is -2.18. The summed E-state index contributed by atoms with van der Waals surface area (Å²) in [5.74, 6) is 0.383. The molecule has 0 saturated carbocycles. The SMILES string of the molecule is COc1ccc(N(C)c2ncc(C(F)(F)F)c(OCC(C)C)n2)cc1. The van der Waals surface area contributed by atoms with Crippen molar-refractivity contribution in [2.75, 3.05) is 25.7 Å². The molecule has 0 aliphatic carbocycles. The molecule has 0 radical (unpaired) electrons. The number of benzene rings is 1. The van der Waals surface area contributed by atoms with Gasteiger partial charge in [-0.3, -0.25) is 0 Å². The smallest absolute Gasteiger partial charge is 0.423 e. The summed E-state index contributed by atoms with van der Waals surface area (Å²) in [6.07, 6.45) is -3.83. The third kappa shape index (κ3) is 4.74. The molecule has 0 unspecified atom stereocenters. The van der Waals surface area contributed by atoms with E-state index >= 15 is 0 Å². The number of anilines is 2. The van der Waals surface area contributed by atoms with Gasteiger partial charge in [0.25, 0.3) is 0 Å². The largest absolute Gasteiger partial charge is 0.497 e. The molecular weight excluding hydrogens is 335 g/mol. The van der Waals surface area contributed by atoms with Crippen LogP contribution in [-0.4, -0.2) is 30.7 Å². The van der Waals surface area contributed by atoms with Gasteiger partial charge in [-0.1, -0.05) is 13.8 Å². The fourth-order valence-electron chi connectivity index (χ4n) is 1.99. The molecule has 0 bridgehead atoms. The van der Waals surface area contributed by atoms with Gasteiger partial charge in [0.15, 0.2) is 0 Å². The predicted octanol–water partition coefficient (Wildman–Crippen LogP) is 4.31. The Balaban J connectivity index is 2.35. The minimum atomic E-state index is -4.58. The predicted molar refractivity (Wildman–Crippen MR) is 88.4 cm³/mol. The van der Waals surface area contributed by atoms with Gasteiger partial charge in [-0.25, -0.2) is 4.98 Å². The van der Waals surface area contributed by atoms with Gasteiger partial charge in [-0.05, 0) is 30.2 Å². The summed E-state index contributed by atoms with van der Waals surface area (Å²) < 4.78 is 49.7. The van der Waals surface area contributed by atoms with Gasteiger partial charge in [0.1, 0.15) is 11.3 Å². The molecule has 0 saturated heterocycles. The van der Waals surface area contributed by atoms with Crippen LogP contribution in [0.2, 0.25) is 0 Å². The number of hydrogen-bond acceptors (Lipinski definition) is 5. The maximum atomic E-state index is 13.1. The Bertz CT molecular complexity index is 703. The first-order valence-electron chi connectivity index (χ1n) is 7.67. The van der Waals surface area contributed by atoms with Crippen LogP contribution in [-0.2, 0) is 6.18 Å². The first-order valence-corrected chi connectivity index (χ1v) is 7.67. The zero-order valence-corrected chi connectivity index (χ0v) is 14.5. The summed E-state index contributed by atoms with van der Waals surface area (Å²) >= 11 is 0. The Labute approximate surface area is 144 Å². The normalized spacial score (nSPS) is 11.5. The number of nitrogens with zero attached hydrogens (tertiary/aromatic N) is 3. The molecule has 2 aromatic rings. The minimum absolute atomic E-state index is 0.0683. The summed E-state index contributed by atoms with van der Waals surface area (Å²) in [4.78, 5) is 9.38. The number of methoxy groups -OCH3 is 1. The van der Waals surface area contributed by atoms with E-state index < -0.39 is 17.6 Å². The molecule has 0 N–H and O–H groups in total. The summed E-state index contributed by atoms with van der Waals surface area (Å²) in [5, 5.41) is 0. The molecule has 136 valence electrons.